The number of imidazole rings is 1. The Kier molecular flexibility index (Phi) is 3.78. The van der Waals surface area contributed by atoms with Gasteiger partial charge in [0.25, 0.3) is 0 Å². The zero-order chi connectivity index (χ0) is 12.3. The average molecular weight is 236 g/mol. The first-order valence-corrected chi connectivity index (χ1v) is 6.18. The van der Waals surface area contributed by atoms with Crippen molar-refractivity contribution in [2.45, 2.75) is 45.2 Å². The van der Waals surface area contributed by atoms with E-state index in [1.807, 2.05) is 6.92 Å². The summed E-state index contributed by atoms with van der Waals surface area (Å²) in [4.78, 5) is 18.4. The Morgan fingerprint density at radius 1 is 1.53 bits per heavy atom. The quantitative estimate of drug-likeness (QED) is 0.724. The molecule has 1 heterocycles. The predicted octanol–water partition coefficient (Wildman–Crippen LogP) is 0.852. The molecule has 94 valence electrons. The molecular weight excluding hydrogens is 216 g/mol. The molecule has 0 atom stereocenters. The van der Waals surface area contributed by atoms with Gasteiger partial charge in [-0.25, -0.2) is 4.98 Å². The third-order valence-corrected chi connectivity index (χ3v) is 3.62. The number of nitrogens with zero attached hydrogens (tertiary/aromatic N) is 1. The second-order valence-electron chi connectivity index (χ2n) is 4.81. The fraction of sp³-hybridized carbons (Fsp3) is 0.667. The van der Waals surface area contributed by atoms with Gasteiger partial charge in [0.05, 0.1) is 12.0 Å². The highest BCUT2D eigenvalue weighted by atomic mass is 16.1. The van der Waals surface area contributed by atoms with E-state index in [1.165, 1.54) is 0 Å². The molecule has 4 N–H and O–H groups in total. The monoisotopic (exact) mass is 236 g/mol. The molecule has 0 saturated heterocycles. The van der Waals surface area contributed by atoms with Crippen LogP contribution in [0.25, 0.3) is 0 Å². The lowest BCUT2D eigenvalue weighted by Crippen LogP contribution is -2.36. The third-order valence-electron chi connectivity index (χ3n) is 3.62. The molecule has 1 aromatic rings. The van der Waals surface area contributed by atoms with Crippen molar-refractivity contribution >= 4 is 5.91 Å². The van der Waals surface area contributed by atoms with E-state index >= 15 is 0 Å². The lowest BCUT2D eigenvalue weighted by molar-refractivity contribution is -0.122. The lowest BCUT2D eigenvalue weighted by Gasteiger charge is -2.27. The number of hydrogen-bond acceptors (Lipinski definition) is 3. The van der Waals surface area contributed by atoms with Crippen LogP contribution in [0.5, 0.6) is 0 Å². The van der Waals surface area contributed by atoms with Crippen molar-refractivity contribution in [1.82, 2.24) is 15.3 Å². The highest BCUT2D eigenvalue weighted by Gasteiger charge is 2.24. The van der Waals surface area contributed by atoms with E-state index in [2.05, 4.69) is 15.3 Å². The minimum atomic E-state index is -0.147. The van der Waals surface area contributed by atoms with E-state index in [9.17, 15) is 4.79 Å². The molecule has 1 saturated carbocycles. The maximum Gasteiger partial charge on any atom is 0.220 e. The maximum atomic E-state index is 11.0. The molecular formula is C12H20N4O. The number of nitrogens with two attached hydrogens (primary N) is 1. The summed E-state index contributed by atoms with van der Waals surface area (Å²) < 4.78 is 0. The topological polar surface area (TPSA) is 83.8 Å². The normalized spacial score (nSPS) is 24.8. The molecule has 5 heteroatoms. The van der Waals surface area contributed by atoms with Crippen LogP contribution in [0.4, 0.5) is 0 Å². The molecule has 1 aliphatic rings. The number of carbonyl (C=O) groups excluding carboxylic acids is 1. The van der Waals surface area contributed by atoms with Crippen LogP contribution in [-0.4, -0.2) is 21.9 Å². The number of nitrogens with one attached hydrogen (secondary N) is 2. The molecule has 1 aromatic heterocycles. The van der Waals surface area contributed by atoms with Crippen molar-refractivity contribution < 1.29 is 4.79 Å². The first-order valence-electron chi connectivity index (χ1n) is 6.18. The van der Waals surface area contributed by atoms with Gasteiger partial charge >= 0.3 is 0 Å². The SMILES string of the molecule is Cc1[nH]cnc1CNC1CCC(C(N)=O)CC1. The molecule has 0 unspecified atom stereocenters. The molecule has 2 rings (SSSR count). The zero-order valence-electron chi connectivity index (χ0n) is 10.2. The largest absolute Gasteiger partial charge is 0.369 e. The summed E-state index contributed by atoms with van der Waals surface area (Å²) >= 11 is 0. The molecule has 1 amide bonds. The Morgan fingerprint density at radius 2 is 2.24 bits per heavy atom. The smallest absolute Gasteiger partial charge is 0.220 e. The predicted molar refractivity (Wildman–Crippen MR) is 65.1 cm³/mol. The first kappa shape index (κ1) is 12.1. The molecule has 5 nitrogen and oxygen atoms in total. The van der Waals surface area contributed by atoms with E-state index in [0.717, 1.165) is 43.6 Å². The Hall–Kier alpha value is -1.36. The van der Waals surface area contributed by atoms with E-state index in [-0.39, 0.29) is 11.8 Å². The second kappa shape index (κ2) is 5.31. The summed E-state index contributed by atoms with van der Waals surface area (Å²) in [5.74, 6) is -0.0632. The van der Waals surface area contributed by atoms with Crippen LogP contribution < -0.4 is 11.1 Å². The molecule has 1 fully saturated rings. The van der Waals surface area contributed by atoms with Gasteiger partial charge in [0, 0.05) is 24.2 Å². The van der Waals surface area contributed by atoms with Crippen molar-refractivity contribution in [3.05, 3.63) is 17.7 Å². The third kappa shape index (κ3) is 3.06. The minimum absolute atomic E-state index is 0.0835. The van der Waals surface area contributed by atoms with E-state index in [1.54, 1.807) is 6.33 Å². The van der Waals surface area contributed by atoms with Gasteiger partial charge in [0.15, 0.2) is 0 Å². The molecule has 0 spiro atoms. The minimum Gasteiger partial charge on any atom is -0.369 e. The van der Waals surface area contributed by atoms with Gasteiger partial charge in [-0.2, -0.15) is 0 Å². The first-order chi connectivity index (χ1) is 8.16. The summed E-state index contributed by atoms with van der Waals surface area (Å²) in [5, 5.41) is 3.49. The fourth-order valence-corrected chi connectivity index (χ4v) is 2.39. The molecule has 17 heavy (non-hydrogen) atoms. The summed E-state index contributed by atoms with van der Waals surface area (Å²) in [6.07, 6.45) is 5.59. The molecule has 0 aromatic carbocycles. The number of aromatic nitrogens is 2. The second-order valence-corrected chi connectivity index (χ2v) is 4.81. The van der Waals surface area contributed by atoms with Crippen LogP contribution in [0.15, 0.2) is 6.33 Å². The van der Waals surface area contributed by atoms with Crippen LogP contribution in [-0.2, 0) is 11.3 Å². The average Bonchev–Trinajstić information content (AvgIpc) is 2.73. The van der Waals surface area contributed by atoms with E-state index in [0.29, 0.717) is 6.04 Å². The number of H-pyrrole nitrogens is 1. The van der Waals surface area contributed by atoms with Crippen molar-refractivity contribution in [1.29, 1.82) is 0 Å². The number of aromatic amines is 1. The van der Waals surface area contributed by atoms with Gasteiger partial charge in [-0.15, -0.1) is 0 Å². The van der Waals surface area contributed by atoms with Crippen LogP contribution in [0.3, 0.4) is 0 Å². The summed E-state index contributed by atoms with van der Waals surface area (Å²) in [5.41, 5.74) is 7.50. The van der Waals surface area contributed by atoms with Gasteiger partial charge in [-0.05, 0) is 32.6 Å². The van der Waals surface area contributed by atoms with Gasteiger partial charge < -0.3 is 16.0 Å². The number of aryl methyl sites for hydroxylation is 1. The number of amides is 1. The summed E-state index contributed by atoms with van der Waals surface area (Å²) in [6.45, 7) is 2.81. The number of hydrogen-bond donors (Lipinski definition) is 3. The van der Waals surface area contributed by atoms with Crippen molar-refractivity contribution in [3.63, 3.8) is 0 Å². The van der Waals surface area contributed by atoms with Crippen molar-refractivity contribution in [2.75, 3.05) is 0 Å². The highest BCUT2D eigenvalue weighted by molar-refractivity contribution is 5.76. The Bertz CT molecular complexity index is 380. The lowest BCUT2D eigenvalue weighted by atomic mass is 9.85. The summed E-state index contributed by atoms with van der Waals surface area (Å²) in [7, 11) is 0. The number of rotatable bonds is 4. The summed E-state index contributed by atoms with van der Waals surface area (Å²) in [6, 6.07) is 0.488. The number of primary amides is 1. The Balaban J connectivity index is 1.75. The highest BCUT2D eigenvalue weighted by Crippen LogP contribution is 2.24. The van der Waals surface area contributed by atoms with E-state index in [4.69, 9.17) is 5.73 Å². The van der Waals surface area contributed by atoms with Crippen molar-refractivity contribution in [3.8, 4) is 0 Å². The van der Waals surface area contributed by atoms with Gasteiger partial charge in [-0.1, -0.05) is 0 Å². The van der Waals surface area contributed by atoms with Crippen LogP contribution >= 0.6 is 0 Å². The molecule has 0 bridgehead atoms. The molecule has 1 aliphatic carbocycles. The fourth-order valence-electron chi connectivity index (χ4n) is 2.39. The zero-order valence-corrected chi connectivity index (χ0v) is 10.2. The Morgan fingerprint density at radius 3 is 2.76 bits per heavy atom. The van der Waals surface area contributed by atoms with E-state index < -0.39 is 0 Å². The maximum absolute atomic E-state index is 11.0. The molecule has 0 radical (unpaired) electrons. The Labute approximate surface area is 101 Å². The van der Waals surface area contributed by atoms with Crippen LogP contribution in [0.1, 0.15) is 37.1 Å². The standard InChI is InChI=1S/C12H20N4O/c1-8-11(16-7-15-8)6-14-10-4-2-9(3-5-10)12(13)17/h7,9-10,14H,2-6H2,1H3,(H2,13,17)(H,15,16). The van der Waals surface area contributed by atoms with Crippen molar-refractivity contribution in [2.24, 2.45) is 11.7 Å². The van der Waals surface area contributed by atoms with Crippen LogP contribution in [0.2, 0.25) is 0 Å². The van der Waals surface area contributed by atoms with Gasteiger partial charge in [0.1, 0.15) is 0 Å². The number of carbonyl (C=O) groups is 1. The van der Waals surface area contributed by atoms with Gasteiger partial charge in [-0.3, -0.25) is 4.79 Å². The van der Waals surface area contributed by atoms with Crippen LogP contribution in [0, 0.1) is 12.8 Å². The molecule has 0 aliphatic heterocycles. The van der Waals surface area contributed by atoms with Gasteiger partial charge in [0.2, 0.25) is 5.91 Å².